The van der Waals surface area contributed by atoms with E-state index in [0.717, 1.165) is 52.7 Å². The molecule has 1 saturated heterocycles. The summed E-state index contributed by atoms with van der Waals surface area (Å²) < 4.78 is 38.2. The summed E-state index contributed by atoms with van der Waals surface area (Å²) in [7, 11) is -3.43. The van der Waals surface area contributed by atoms with E-state index < -0.39 is 10.0 Å². The maximum Gasteiger partial charge on any atom is 0.243 e. The molecule has 3 aromatic rings. The van der Waals surface area contributed by atoms with Gasteiger partial charge in [0.1, 0.15) is 0 Å². The smallest absolute Gasteiger partial charge is 0.243 e. The van der Waals surface area contributed by atoms with Crippen LogP contribution in [-0.2, 0) is 10.0 Å². The van der Waals surface area contributed by atoms with Crippen molar-refractivity contribution in [2.24, 2.45) is 0 Å². The van der Waals surface area contributed by atoms with Crippen molar-refractivity contribution in [1.29, 1.82) is 0 Å². The third kappa shape index (κ3) is 3.62. The zero-order valence-corrected chi connectivity index (χ0v) is 18.3. The Hall–Kier alpha value is -2.35. The second-order valence-corrected chi connectivity index (χ2v) is 9.47. The number of ether oxygens (including phenoxy) is 2. The number of rotatable bonds is 3. The molecule has 2 aliphatic heterocycles. The molecule has 1 fully saturated rings. The second kappa shape index (κ2) is 8.06. The van der Waals surface area contributed by atoms with Crippen LogP contribution in [0.25, 0.3) is 22.2 Å². The van der Waals surface area contributed by atoms with Crippen molar-refractivity contribution in [3.63, 3.8) is 0 Å². The lowest BCUT2D eigenvalue weighted by Gasteiger charge is -2.25. The summed E-state index contributed by atoms with van der Waals surface area (Å²) in [5.74, 6) is 1.44. The van der Waals surface area contributed by atoms with Crippen molar-refractivity contribution in [3.05, 3.63) is 48.0 Å². The van der Waals surface area contributed by atoms with Crippen LogP contribution in [0.1, 0.15) is 24.8 Å². The van der Waals surface area contributed by atoms with Crippen LogP contribution < -0.4 is 9.47 Å². The van der Waals surface area contributed by atoms with Gasteiger partial charge < -0.3 is 9.47 Å². The monoisotopic (exact) mass is 446 g/mol. The highest BCUT2D eigenvalue weighted by Gasteiger charge is 2.25. The summed E-state index contributed by atoms with van der Waals surface area (Å²) in [5.41, 5.74) is 3.59. The van der Waals surface area contributed by atoms with Crippen molar-refractivity contribution in [1.82, 2.24) is 9.29 Å². The van der Waals surface area contributed by atoms with Crippen LogP contribution in [0.15, 0.2) is 47.4 Å². The number of nitrogens with zero attached hydrogens (tertiary/aromatic N) is 2. The predicted octanol–water partition coefficient (Wildman–Crippen LogP) is 4.54. The van der Waals surface area contributed by atoms with Crippen molar-refractivity contribution in [2.45, 2.75) is 31.1 Å². The molecule has 3 heterocycles. The largest absolute Gasteiger partial charge is 0.454 e. The van der Waals surface area contributed by atoms with Crippen LogP contribution in [0.2, 0.25) is 0 Å². The third-order valence-electron chi connectivity index (χ3n) is 5.61. The van der Waals surface area contributed by atoms with Gasteiger partial charge in [-0.25, -0.2) is 13.4 Å². The SMILES string of the molecule is Cc1cc(-c2ccc(S(=O)(=O)N3CCCCC3)cc2)nc2cc3c(cc12)OCO3.Cl. The van der Waals surface area contributed by atoms with Gasteiger partial charge in [-0.3, -0.25) is 0 Å². The Balaban J connectivity index is 0.00000218. The molecule has 0 amide bonds. The minimum atomic E-state index is -3.43. The first-order valence-electron chi connectivity index (χ1n) is 9.84. The molecule has 2 aromatic carbocycles. The molecule has 0 N–H and O–H groups in total. The normalized spacial score (nSPS) is 16.4. The van der Waals surface area contributed by atoms with Gasteiger partial charge in [0, 0.05) is 30.1 Å². The van der Waals surface area contributed by atoms with E-state index in [2.05, 4.69) is 0 Å². The van der Waals surface area contributed by atoms with Crippen molar-refractivity contribution < 1.29 is 17.9 Å². The van der Waals surface area contributed by atoms with E-state index >= 15 is 0 Å². The van der Waals surface area contributed by atoms with E-state index in [0.29, 0.717) is 23.7 Å². The van der Waals surface area contributed by atoms with Gasteiger partial charge >= 0.3 is 0 Å². The van der Waals surface area contributed by atoms with E-state index in [4.69, 9.17) is 14.5 Å². The first-order valence-corrected chi connectivity index (χ1v) is 11.3. The van der Waals surface area contributed by atoms with E-state index in [1.807, 2.05) is 37.3 Å². The maximum atomic E-state index is 12.9. The van der Waals surface area contributed by atoms with E-state index in [1.165, 1.54) is 0 Å². The maximum absolute atomic E-state index is 12.9. The van der Waals surface area contributed by atoms with Gasteiger partial charge in [0.05, 0.1) is 16.1 Å². The quantitative estimate of drug-likeness (QED) is 0.591. The van der Waals surface area contributed by atoms with Gasteiger partial charge in [-0.2, -0.15) is 4.31 Å². The number of sulfonamides is 1. The first-order chi connectivity index (χ1) is 14.0. The Morgan fingerprint density at radius 2 is 1.60 bits per heavy atom. The zero-order chi connectivity index (χ0) is 20.0. The average molecular weight is 447 g/mol. The zero-order valence-electron chi connectivity index (χ0n) is 16.6. The molecule has 5 rings (SSSR count). The lowest BCUT2D eigenvalue weighted by molar-refractivity contribution is 0.174. The lowest BCUT2D eigenvalue weighted by Crippen LogP contribution is -2.35. The molecule has 1 aromatic heterocycles. The predicted molar refractivity (Wildman–Crippen MR) is 118 cm³/mol. The first kappa shape index (κ1) is 20.9. The van der Waals surface area contributed by atoms with Crippen LogP contribution in [0.5, 0.6) is 11.5 Å². The van der Waals surface area contributed by atoms with E-state index in [9.17, 15) is 8.42 Å². The minimum Gasteiger partial charge on any atom is -0.454 e. The van der Waals surface area contributed by atoms with Gasteiger partial charge in [-0.1, -0.05) is 18.6 Å². The molecule has 0 atom stereocenters. The molecule has 0 bridgehead atoms. The molecular formula is C22H23ClN2O4S. The Bertz CT molecular complexity index is 1190. The van der Waals surface area contributed by atoms with Crippen LogP contribution in [0.3, 0.4) is 0 Å². The molecule has 0 saturated carbocycles. The Kier molecular flexibility index (Phi) is 5.61. The Labute approximate surface area is 182 Å². The topological polar surface area (TPSA) is 68.7 Å². The minimum absolute atomic E-state index is 0. The van der Waals surface area contributed by atoms with Crippen molar-refractivity contribution in [3.8, 4) is 22.8 Å². The highest BCUT2D eigenvalue weighted by atomic mass is 35.5. The summed E-state index contributed by atoms with van der Waals surface area (Å²) in [5, 5.41) is 1.02. The van der Waals surface area contributed by atoms with Gasteiger partial charge in [0.2, 0.25) is 16.8 Å². The molecule has 0 radical (unpaired) electrons. The number of halogens is 1. The second-order valence-electron chi connectivity index (χ2n) is 7.54. The molecule has 2 aliphatic rings. The number of pyridine rings is 1. The van der Waals surface area contributed by atoms with E-state index in [-0.39, 0.29) is 19.2 Å². The van der Waals surface area contributed by atoms with Crippen LogP contribution >= 0.6 is 12.4 Å². The number of hydrogen-bond donors (Lipinski definition) is 0. The number of fused-ring (bicyclic) bond motifs is 2. The highest BCUT2D eigenvalue weighted by Crippen LogP contribution is 2.37. The fraction of sp³-hybridized carbons (Fsp3) is 0.318. The summed E-state index contributed by atoms with van der Waals surface area (Å²) in [4.78, 5) is 5.11. The number of aryl methyl sites for hydroxylation is 1. The Morgan fingerprint density at radius 3 is 2.30 bits per heavy atom. The summed E-state index contributed by atoms with van der Waals surface area (Å²) >= 11 is 0. The number of hydrogen-bond acceptors (Lipinski definition) is 5. The summed E-state index contributed by atoms with van der Waals surface area (Å²) in [6, 6.07) is 12.9. The molecule has 30 heavy (non-hydrogen) atoms. The molecule has 6 nitrogen and oxygen atoms in total. The summed E-state index contributed by atoms with van der Waals surface area (Å²) in [6.07, 6.45) is 2.95. The fourth-order valence-electron chi connectivity index (χ4n) is 3.98. The molecule has 158 valence electrons. The average Bonchev–Trinajstić information content (AvgIpc) is 3.20. The fourth-order valence-corrected chi connectivity index (χ4v) is 5.50. The third-order valence-corrected chi connectivity index (χ3v) is 7.53. The number of aromatic nitrogens is 1. The molecule has 0 aliphatic carbocycles. The van der Waals surface area contributed by atoms with E-state index in [1.54, 1.807) is 16.4 Å². The van der Waals surface area contributed by atoms with Crippen LogP contribution in [0.4, 0.5) is 0 Å². The van der Waals surface area contributed by atoms with Gasteiger partial charge in [0.25, 0.3) is 0 Å². The molecular weight excluding hydrogens is 424 g/mol. The van der Waals surface area contributed by atoms with Gasteiger partial charge in [-0.05, 0) is 49.6 Å². The van der Waals surface area contributed by atoms with Gasteiger partial charge in [0.15, 0.2) is 11.5 Å². The molecule has 0 unspecified atom stereocenters. The number of piperidine rings is 1. The molecule has 8 heteroatoms. The summed E-state index contributed by atoms with van der Waals surface area (Å²) in [6.45, 7) is 3.46. The van der Waals surface area contributed by atoms with Crippen LogP contribution in [-0.4, -0.2) is 37.6 Å². The van der Waals surface area contributed by atoms with Gasteiger partial charge in [-0.15, -0.1) is 12.4 Å². The van der Waals surface area contributed by atoms with Crippen molar-refractivity contribution in [2.75, 3.05) is 19.9 Å². The van der Waals surface area contributed by atoms with Crippen molar-refractivity contribution >= 4 is 33.3 Å². The van der Waals surface area contributed by atoms with Crippen LogP contribution in [0, 0.1) is 6.92 Å². The standard InChI is InChI=1S/C22H22N2O4S.ClH/c1-15-11-19(23-20-13-22-21(12-18(15)20)27-14-28-22)16-5-7-17(8-6-16)29(25,26)24-9-3-2-4-10-24;/h5-8,11-13H,2-4,9-10,14H2,1H3;1H. The lowest BCUT2D eigenvalue weighted by atomic mass is 10.0. The molecule has 0 spiro atoms. The number of benzene rings is 2. The Morgan fingerprint density at radius 1 is 0.933 bits per heavy atom. The highest BCUT2D eigenvalue weighted by molar-refractivity contribution is 7.89.